The minimum Gasteiger partial charge on any atom is -0.352 e. The Labute approximate surface area is 216 Å². The van der Waals surface area contributed by atoms with Crippen LogP contribution in [0, 0.1) is 18.7 Å². The molecule has 37 heavy (non-hydrogen) atoms. The molecule has 0 radical (unpaired) electrons. The average Bonchev–Trinajstić information content (AvgIpc) is 2.91. The van der Waals surface area contributed by atoms with Gasteiger partial charge in [0.15, 0.2) is 0 Å². The first-order valence-electron chi connectivity index (χ1n) is 13.3. The summed E-state index contributed by atoms with van der Waals surface area (Å²) in [5, 5.41) is 6.49. The Balaban J connectivity index is 1.59. The van der Waals surface area contributed by atoms with E-state index in [0.717, 1.165) is 81.8 Å². The number of nitrogens with one attached hydrogen (secondary N) is 1. The summed E-state index contributed by atoms with van der Waals surface area (Å²) in [6.45, 7) is 4.32. The lowest BCUT2D eigenvalue weighted by atomic mass is 9.88. The lowest BCUT2D eigenvalue weighted by Gasteiger charge is -2.24. The van der Waals surface area contributed by atoms with Gasteiger partial charge in [-0.15, -0.1) is 0 Å². The zero-order valence-corrected chi connectivity index (χ0v) is 21.4. The lowest BCUT2D eigenvalue weighted by Crippen LogP contribution is -2.40. The molecule has 0 unspecified atom stereocenters. The van der Waals surface area contributed by atoms with E-state index < -0.39 is 0 Å². The summed E-state index contributed by atoms with van der Waals surface area (Å²) in [7, 11) is 0. The number of aromatic nitrogens is 3. The molecule has 5 nitrogen and oxygen atoms in total. The van der Waals surface area contributed by atoms with E-state index in [9.17, 15) is 4.39 Å². The number of aryl methyl sites for hydroxylation is 1. The molecule has 1 N–H and O–H groups in total. The van der Waals surface area contributed by atoms with Crippen LogP contribution in [0.4, 0.5) is 15.8 Å². The molecule has 0 atom stereocenters. The number of fused-ring (bicyclic) bond motifs is 2. The second kappa shape index (κ2) is 9.92. The fourth-order valence-electron chi connectivity index (χ4n) is 5.39. The minimum absolute atomic E-state index is 0.243. The molecule has 1 aromatic carbocycles. The Morgan fingerprint density at radius 1 is 0.973 bits per heavy atom. The van der Waals surface area contributed by atoms with Crippen LogP contribution in [-0.2, 0) is 0 Å². The molecule has 0 bridgehead atoms. The van der Waals surface area contributed by atoms with Crippen LogP contribution in [-0.4, -0.2) is 20.6 Å². The minimum atomic E-state index is -0.243. The number of rotatable bonds is 4. The van der Waals surface area contributed by atoms with E-state index in [2.05, 4.69) is 46.1 Å². The summed E-state index contributed by atoms with van der Waals surface area (Å²) in [4.78, 5) is 14.8. The number of halogens is 1. The fraction of sp³-hybridized carbons (Fsp3) is 0.323. The highest BCUT2D eigenvalue weighted by atomic mass is 19.1. The Kier molecular flexibility index (Phi) is 6.33. The van der Waals surface area contributed by atoms with Crippen molar-refractivity contribution in [2.75, 3.05) is 5.32 Å². The van der Waals surface area contributed by atoms with Gasteiger partial charge in [0.1, 0.15) is 5.82 Å². The summed E-state index contributed by atoms with van der Waals surface area (Å²) >= 11 is 0. The van der Waals surface area contributed by atoms with Gasteiger partial charge in [-0.3, -0.25) is 9.98 Å². The van der Waals surface area contributed by atoms with Crippen LogP contribution in [0.3, 0.4) is 0 Å². The van der Waals surface area contributed by atoms with E-state index in [-0.39, 0.29) is 5.82 Å². The van der Waals surface area contributed by atoms with Gasteiger partial charge in [-0.2, -0.15) is 0 Å². The summed E-state index contributed by atoms with van der Waals surface area (Å²) in [5.74, 6) is 0.523. The summed E-state index contributed by atoms with van der Waals surface area (Å²) in [5.41, 5.74) is 5.57. The molecule has 1 aromatic heterocycles. The standard InChI is InChI=1S/C31H32FN5/c1-20-7-12-23(13-8-20)34-28-18-31-29(17-27(28)35-24-14-9-21(2)33-19-24)36-26-5-3-4-6-30(26)37(31)25-15-10-22(32)11-16-25/h5-6,9-11,14-20,23,35H,3-4,7-8,12-13H2,1-2H3. The van der Waals surface area contributed by atoms with Gasteiger partial charge in [0.05, 0.1) is 51.1 Å². The molecular weight excluding hydrogens is 461 g/mol. The van der Waals surface area contributed by atoms with Gasteiger partial charge >= 0.3 is 0 Å². The van der Waals surface area contributed by atoms with Crippen molar-refractivity contribution < 1.29 is 4.39 Å². The molecule has 2 aromatic rings. The quantitative estimate of drug-likeness (QED) is 0.414. The molecular formula is C31H32FN5. The van der Waals surface area contributed by atoms with Crippen LogP contribution in [0.15, 0.2) is 59.7 Å². The van der Waals surface area contributed by atoms with Gasteiger partial charge in [-0.25, -0.2) is 9.37 Å². The zero-order chi connectivity index (χ0) is 25.4. The molecule has 0 amide bonds. The van der Waals surface area contributed by atoms with E-state index in [4.69, 9.17) is 9.98 Å². The molecule has 6 rings (SSSR count). The highest BCUT2D eigenvalue weighted by molar-refractivity contribution is 5.70. The van der Waals surface area contributed by atoms with Crippen molar-refractivity contribution in [3.63, 3.8) is 0 Å². The highest BCUT2D eigenvalue weighted by Gasteiger charge is 2.20. The van der Waals surface area contributed by atoms with Crippen molar-refractivity contribution >= 4 is 23.5 Å². The van der Waals surface area contributed by atoms with Crippen molar-refractivity contribution in [2.24, 2.45) is 10.9 Å². The molecule has 1 aliphatic heterocycles. The smallest absolute Gasteiger partial charge is 0.123 e. The second-order valence-electron chi connectivity index (χ2n) is 10.4. The maximum Gasteiger partial charge on any atom is 0.123 e. The molecule has 0 saturated heterocycles. The van der Waals surface area contributed by atoms with Gasteiger partial charge in [-0.1, -0.05) is 19.1 Å². The molecule has 6 heteroatoms. The van der Waals surface area contributed by atoms with E-state index in [0.29, 0.717) is 6.04 Å². The first kappa shape index (κ1) is 23.6. The molecule has 3 aliphatic carbocycles. The summed E-state index contributed by atoms with van der Waals surface area (Å²) < 4.78 is 16.0. The van der Waals surface area contributed by atoms with Crippen molar-refractivity contribution in [3.05, 3.63) is 82.3 Å². The van der Waals surface area contributed by atoms with Crippen LogP contribution < -0.4 is 21.4 Å². The number of hydrogen-bond donors (Lipinski definition) is 1. The maximum atomic E-state index is 13.8. The van der Waals surface area contributed by atoms with E-state index in [1.807, 2.05) is 37.4 Å². The third kappa shape index (κ3) is 4.93. The SMILES string of the molecule is Cc1ccc(Nc2cc3nc4c(n(-c5ccc(F)cc5)c-3cc2=NC2CCC(C)CC2)=CCCC=4)cn1. The second-order valence-corrected chi connectivity index (χ2v) is 10.4. The number of anilines is 2. The average molecular weight is 494 g/mol. The van der Waals surface area contributed by atoms with Crippen LogP contribution >= 0.6 is 0 Å². The number of benzene rings is 2. The molecule has 188 valence electrons. The predicted molar refractivity (Wildman–Crippen MR) is 147 cm³/mol. The van der Waals surface area contributed by atoms with E-state index in [1.165, 1.54) is 25.0 Å². The molecule has 0 spiro atoms. The van der Waals surface area contributed by atoms with Crippen LogP contribution in [0.25, 0.3) is 29.2 Å². The Morgan fingerprint density at radius 2 is 1.76 bits per heavy atom. The summed E-state index contributed by atoms with van der Waals surface area (Å²) in [6.07, 6.45) is 12.8. The monoisotopic (exact) mass is 493 g/mol. The lowest BCUT2D eigenvalue weighted by molar-refractivity contribution is 0.346. The van der Waals surface area contributed by atoms with Gasteiger partial charge in [0, 0.05) is 11.4 Å². The summed E-state index contributed by atoms with van der Waals surface area (Å²) in [6, 6.07) is 15.3. The van der Waals surface area contributed by atoms with Crippen molar-refractivity contribution in [3.8, 4) is 17.1 Å². The Morgan fingerprint density at radius 3 is 2.51 bits per heavy atom. The van der Waals surface area contributed by atoms with Gasteiger partial charge in [-0.05, 0) is 99.9 Å². The fourth-order valence-corrected chi connectivity index (χ4v) is 5.39. The van der Waals surface area contributed by atoms with E-state index in [1.54, 1.807) is 0 Å². The van der Waals surface area contributed by atoms with Crippen molar-refractivity contribution in [1.29, 1.82) is 0 Å². The Bertz CT molecular complexity index is 1580. The van der Waals surface area contributed by atoms with Gasteiger partial charge in [0.25, 0.3) is 0 Å². The van der Waals surface area contributed by atoms with Crippen LogP contribution in [0.5, 0.6) is 0 Å². The molecule has 1 fully saturated rings. The number of nitrogens with zero attached hydrogens (tertiary/aromatic N) is 4. The number of hydrogen-bond acceptors (Lipinski definition) is 4. The van der Waals surface area contributed by atoms with Gasteiger partial charge < -0.3 is 9.88 Å². The maximum absolute atomic E-state index is 13.8. The number of pyridine rings is 1. The van der Waals surface area contributed by atoms with Crippen molar-refractivity contribution in [2.45, 2.75) is 58.4 Å². The first-order chi connectivity index (χ1) is 18.0. The zero-order valence-electron chi connectivity index (χ0n) is 21.4. The van der Waals surface area contributed by atoms with Crippen molar-refractivity contribution in [1.82, 2.24) is 14.5 Å². The topological polar surface area (TPSA) is 55.1 Å². The van der Waals surface area contributed by atoms with Gasteiger partial charge in [0.2, 0.25) is 0 Å². The van der Waals surface area contributed by atoms with Crippen LogP contribution in [0.2, 0.25) is 0 Å². The molecule has 1 saturated carbocycles. The van der Waals surface area contributed by atoms with Crippen LogP contribution in [0.1, 0.15) is 51.1 Å². The molecule has 4 aliphatic rings. The first-order valence-corrected chi connectivity index (χ1v) is 13.3. The third-order valence-electron chi connectivity index (χ3n) is 7.50. The highest BCUT2D eigenvalue weighted by Crippen LogP contribution is 2.27. The van der Waals surface area contributed by atoms with E-state index >= 15 is 0 Å². The third-order valence-corrected chi connectivity index (χ3v) is 7.50. The largest absolute Gasteiger partial charge is 0.352 e. The predicted octanol–water partition coefficient (Wildman–Crippen LogP) is 5.40. The normalized spacial score (nSPS) is 19.7. The molecule has 2 heterocycles. The Hall–Kier alpha value is -3.80.